The summed E-state index contributed by atoms with van der Waals surface area (Å²) in [5.74, 6) is 0.606. The monoisotopic (exact) mass is 298 g/mol. The lowest BCUT2D eigenvalue weighted by molar-refractivity contribution is -0.128. The Hall–Kier alpha value is -2.36. The Labute approximate surface area is 131 Å². The van der Waals surface area contributed by atoms with E-state index in [1.807, 2.05) is 50.2 Å². The third-order valence-electron chi connectivity index (χ3n) is 3.59. The Bertz CT molecular complexity index is 626. The zero-order valence-electron chi connectivity index (χ0n) is 13.3. The minimum absolute atomic E-state index is 0.119. The van der Waals surface area contributed by atoms with Crippen LogP contribution in [-0.4, -0.2) is 17.0 Å². The van der Waals surface area contributed by atoms with Crippen LogP contribution in [0, 0.1) is 13.8 Å². The lowest BCUT2D eigenvalue weighted by Crippen LogP contribution is -2.37. The van der Waals surface area contributed by atoms with Gasteiger partial charge < -0.3 is 10.1 Å². The molecule has 0 bridgehead atoms. The van der Waals surface area contributed by atoms with E-state index in [9.17, 15) is 4.79 Å². The van der Waals surface area contributed by atoms with Gasteiger partial charge in [0, 0.05) is 6.20 Å². The van der Waals surface area contributed by atoms with Gasteiger partial charge in [-0.15, -0.1) is 0 Å². The number of aryl methyl sites for hydroxylation is 2. The highest BCUT2D eigenvalue weighted by atomic mass is 16.5. The molecule has 2 aromatic rings. The van der Waals surface area contributed by atoms with Crippen LogP contribution in [0.4, 0.5) is 0 Å². The first-order valence-electron chi connectivity index (χ1n) is 7.51. The molecule has 1 amide bonds. The summed E-state index contributed by atoms with van der Waals surface area (Å²) < 4.78 is 5.82. The molecule has 1 atom stereocenters. The van der Waals surface area contributed by atoms with E-state index >= 15 is 0 Å². The second-order valence-electron chi connectivity index (χ2n) is 5.30. The van der Waals surface area contributed by atoms with E-state index in [1.165, 1.54) is 5.56 Å². The van der Waals surface area contributed by atoms with Crippen molar-refractivity contribution in [3.8, 4) is 5.75 Å². The molecule has 1 unspecified atom stereocenters. The van der Waals surface area contributed by atoms with Gasteiger partial charge >= 0.3 is 0 Å². The summed E-state index contributed by atoms with van der Waals surface area (Å²) in [6.45, 7) is 6.43. The lowest BCUT2D eigenvalue weighted by atomic mass is 10.1. The standard InChI is InChI=1S/C18H22N2O2/c1-4-17(22-16-9-8-13(2)14(3)11-16)18(21)20-12-15-7-5-6-10-19-15/h5-11,17H,4,12H2,1-3H3,(H,20,21). The summed E-state index contributed by atoms with van der Waals surface area (Å²) in [5.41, 5.74) is 3.19. The Morgan fingerprint density at radius 1 is 1.23 bits per heavy atom. The lowest BCUT2D eigenvalue weighted by Gasteiger charge is -2.18. The van der Waals surface area contributed by atoms with Gasteiger partial charge in [0.1, 0.15) is 5.75 Å². The number of nitrogens with zero attached hydrogens (tertiary/aromatic N) is 1. The molecule has 0 spiro atoms. The van der Waals surface area contributed by atoms with Gasteiger partial charge in [-0.3, -0.25) is 9.78 Å². The van der Waals surface area contributed by atoms with E-state index in [0.29, 0.717) is 13.0 Å². The van der Waals surface area contributed by atoms with Gasteiger partial charge in [0.05, 0.1) is 12.2 Å². The number of benzene rings is 1. The SMILES string of the molecule is CCC(Oc1ccc(C)c(C)c1)C(=O)NCc1ccccn1. The molecule has 22 heavy (non-hydrogen) atoms. The van der Waals surface area contributed by atoms with Crippen molar-refractivity contribution in [3.63, 3.8) is 0 Å². The second-order valence-corrected chi connectivity index (χ2v) is 5.30. The first kappa shape index (κ1) is 16.0. The number of aromatic nitrogens is 1. The minimum atomic E-state index is -0.495. The van der Waals surface area contributed by atoms with Crippen LogP contribution in [-0.2, 0) is 11.3 Å². The van der Waals surface area contributed by atoms with Gasteiger partial charge in [-0.1, -0.05) is 19.1 Å². The van der Waals surface area contributed by atoms with Crippen molar-refractivity contribution in [3.05, 3.63) is 59.4 Å². The molecular weight excluding hydrogens is 276 g/mol. The van der Waals surface area contributed by atoms with Crippen LogP contribution in [0.25, 0.3) is 0 Å². The van der Waals surface area contributed by atoms with Crippen LogP contribution in [0.2, 0.25) is 0 Å². The Morgan fingerprint density at radius 3 is 2.68 bits per heavy atom. The highest BCUT2D eigenvalue weighted by molar-refractivity contribution is 5.81. The van der Waals surface area contributed by atoms with Crippen molar-refractivity contribution < 1.29 is 9.53 Å². The van der Waals surface area contributed by atoms with Gasteiger partial charge in [0.15, 0.2) is 6.10 Å². The number of carbonyl (C=O) groups excluding carboxylic acids is 1. The van der Waals surface area contributed by atoms with Crippen molar-refractivity contribution in [2.45, 2.75) is 39.8 Å². The number of nitrogens with one attached hydrogen (secondary N) is 1. The average molecular weight is 298 g/mol. The molecule has 2 rings (SSSR count). The molecule has 1 N–H and O–H groups in total. The highest BCUT2D eigenvalue weighted by Crippen LogP contribution is 2.18. The molecule has 4 heteroatoms. The largest absolute Gasteiger partial charge is 0.481 e. The van der Waals surface area contributed by atoms with Crippen LogP contribution < -0.4 is 10.1 Å². The molecule has 0 saturated carbocycles. The molecule has 1 aromatic heterocycles. The molecule has 116 valence electrons. The molecule has 0 aliphatic heterocycles. The molecule has 0 fully saturated rings. The van der Waals surface area contributed by atoms with Crippen LogP contribution in [0.5, 0.6) is 5.75 Å². The summed E-state index contributed by atoms with van der Waals surface area (Å²) in [6, 6.07) is 11.5. The quantitative estimate of drug-likeness (QED) is 0.891. The van der Waals surface area contributed by atoms with E-state index in [-0.39, 0.29) is 5.91 Å². The molecule has 1 aromatic carbocycles. The summed E-state index contributed by atoms with van der Waals surface area (Å²) in [7, 11) is 0. The number of pyridine rings is 1. The third-order valence-corrected chi connectivity index (χ3v) is 3.59. The minimum Gasteiger partial charge on any atom is -0.481 e. The van der Waals surface area contributed by atoms with Gasteiger partial charge in [0.2, 0.25) is 0 Å². The fourth-order valence-corrected chi connectivity index (χ4v) is 2.07. The zero-order valence-corrected chi connectivity index (χ0v) is 13.3. The average Bonchev–Trinajstić information content (AvgIpc) is 2.54. The topological polar surface area (TPSA) is 51.2 Å². The van der Waals surface area contributed by atoms with Crippen LogP contribution >= 0.6 is 0 Å². The highest BCUT2D eigenvalue weighted by Gasteiger charge is 2.18. The number of amides is 1. The van der Waals surface area contributed by atoms with E-state index in [0.717, 1.165) is 17.0 Å². The normalized spacial score (nSPS) is 11.8. The second kappa shape index (κ2) is 7.59. The van der Waals surface area contributed by atoms with E-state index in [4.69, 9.17) is 4.74 Å². The molecule has 0 aliphatic rings. The first-order valence-corrected chi connectivity index (χ1v) is 7.51. The Morgan fingerprint density at radius 2 is 2.05 bits per heavy atom. The maximum absolute atomic E-state index is 12.2. The summed E-state index contributed by atoms with van der Waals surface area (Å²) >= 11 is 0. The van der Waals surface area contributed by atoms with Crippen LogP contribution in [0.15, 0.2) is 42.6 Å². The molecule has 0 saturated heterocycles. The van der Waals surface area contributed by atoms with E-state index < -0.39 is 6.10 Å². The summed E-state index contributed by atoms with van der Waals surface area (Å²) in [6.07, 6.45) is 1.83. The summed E-state index contributed by atoms with van der Waals surface area (Å²) in [4.78, 5) is 16.4. The van der Waals surface area contributed by atoms with Crippen molar-refractivity contribution in [1.29, 1.82) is 0 Å². The third kappa shape index (κ3) is 4.32. The molecular formula is C18H22N2O2. The van der Waals surface area contributed by atoms with Crippen molar-refractivity contribution >= 4 is 5.91 Å². The Balaban J connectivity index is 1.95. The zero-order chi connectivity index (χ0) is 15.9. The number of hydrogen-bond donors (Lipinski definition) is 1. The van der Waals surface area contributed by atoms with E-state index in [1.54, 1.807) is 6.20 Å². The Kier molecular flexibility index (Phi) is 5.53. The van der Waals surface area contributed by atoms with Crippen LogP contribution in [0.1, 0.15) is 30.2 Å². The number of rotatable bonds is 6. The number of ether oxygens (including phenoxy) is 1. The van der Waals surface area contributed by atoms with E-state index in [2.05, 4.69) is 17.2 Å². The smallest absolute Gasteiger partial charge is 0.261 e. The number of hydrogen-bond acceptors (Lipinski definition) is 3. The predicted octanol–water partition coefficient (Wildman–Crippen LogP) is 3.17. The molecule has 1 heterocycles. The first-order chi connectivity index (χ1) is 10.6. The van der Waals surface area contributed by atoms with Crippen molar-refractivity contribution in [2.75, 3.05) is 0 Å². The van der Waals surface area contributed by atoms with Gasteiger partial charge in [-0.2, -0.15) is 0 Å². The number of carbonyl (C=O) groups is 1. The maximum Gasteiger partial charge on any atom is 0.261 e. The maximum atomic E-state index is 12.2. The summed E-state index contributed by atoms with van der Waals surface area (Å²) in [5, 5.41) is 2.87. The van der Waals surface area contributed by atoms with Gasteiger partial charge in [0.25, 0.3) is 5.91 Å². The van der Waals surface area contributed by atoms with Gasteiger partial charge in [-0.25, -0.2) is 0 Å². The molecule has 4 nitrogen and oxygen atoms in total. The fraction of sp³-hybridized carbons (Fsp3) is 0.333. The fourth-order valence-electron chi connectivity index (χ4n) is 2.07. The van der Waals surface area contributed by atoms with Crippen molar-refractivity contribution in [1.82, 2.24) is 10.3 Å². The molecule has 0 radical (unpaired) electrons. The van der Waals surface area contributed by atoms with Crippen LogP contribution in [0.3, 0.4) is 0 Å². The molecule has 0 aliphatic carbocycles. The van der Waals surface area contributed by atoms with Gasteiger partial charge in [-0.05, 0) is 55.7 Å². The predicted molar refractivity (Wildman–Crippen MR) is 86.7 cm³/mol. The van der Waals surface area contributed by atoms with Crippen molar-refractivity contribution in [2.24, 2.45) is 0 Å².